The number of halogens is 3. The molecule has 0 saturated heterocycles. The van der Waals surface area contributed by atoms with Gasteiger partial charge in [0, 0.05) is 5.56 Å². The lowest BCUT2D eigenvalue weighted by Crippen LogP contribution is -2.17. The van der Waals surface area contributed by atoms with Gasteiger partial charge >= 0.3 is 0 Å². The Bertz CT molecular complexity index is 1120. The predicted molar refractivity (Wildman–Crippen MR) is 106 cm³/mol. The van der Waals surface area contributed by atoms with Gasteiger partial charge in [-0.1, -0.05) is 0 Å². The third-order valence-electron chi connectivity index (χ3n) is 3.95. The molecule has 0 radical (unpaired) electrons. The standard InChI is InChI=1S/C21H16F3N3O4/c22-7-9-30-17-6-4-13(23)11-14(17)21(28)27-16-10-12(3-5-15(16)24)19(25)31-20(26)18-2-1-8-29-18/h1-6,8,10-11,25-26H,7,9H2,(H,27,28). The maximum Gasteiger partial charge on any atom is 0.259 e. The number of nitrogens with one attached hydrogen (secondary N) is 3. The van der Waals surface area contributed by atoms with E-state index in [1.165, 1.54) is 18.4 Å². The Balaban J connectivity index is 1.79. The highest BCUT2D eigenvalue weighted by Crippen LogP contribution is 2.23. The normalized spacial score (nSPS) is 10.4. The fourth-order valence-electron chi connectivity index (χ4n) is 2.53. The molecule has 3 N–H and O–H groups in total. The molecular formula is C21H16F3N3O4. The van der Waals surface area contributed by atoms with Crippen molar-refractivity contribution >= 4 is 23.4 Å². The number of amides is 1. The van der Waals surface area contributed by atoms with E-state index < -0.39 is 36.0 Å². The minimum atomic E-state index is -0.903. The molecule has 0 spiro atoms. The van der Waals surface area contributed by atoms with Gasteiger partial charge in [0.25, 0.3) is 11.8 Å². The number of benzene rings is 2. The Morgan fingerprint density at radius 2 is 1.87 bits per heavy atom. The first kappa shape index (κ1) is 21.6. The van der Waals surface area contributed by atoms with Gasteiger partial charge in [0.2, 0.25) is 5.90 Å². The first-order valence-electron chi connectivity index (χ1n) is 8.87. The van der Waals surface area contributed by atoms with Crippen LogP contribution in [-0.4, -0.2) is 31.0 Å². The van der Waals surface area contributed by atoms with Crippen LogP contribution in [0, 0.1) is 22.5 Å². The van der Waals surface area contributed by atoms with E-state index >= 15 is 0 Å². The summed E-state index contributed by atoms with van der Waals surface area (Å²) < 4.78 is 55.4. The van der Waals surface area contributed by atoms with Crippen molar-refractivity contribution in [1.82, 2.24) is 0 Å². The lowest BCUT2D eigenvalue weighted by molar-refractivity contribution is 0.102. The summed E-state index contributed by atoms with van der Waals surface area (Å²) in [7, 11) is 0. The molecule has 0 saturated carbocycles. The predicted octanol–water partition coefficient (Wildman–Crippen LogP) is 4.53. The molecule has 1 aromatic heterocycles. The zero-order chi connectivity index (χ0) is 22.4. The van der Waals surface area contributed by atoms with Crippen LogP contribution >= 0.6 is 0 Å². The van der Waals surface area contributed by atoms with Crippen LogP contribution in [0.15, 0.2) is 59.2 Å². The van der Waals surface area contributed by atoms with Gasteiger partial charge in [0.15, 0.2) is 5.76 Å². The molecule has 10 heteroatoms. The van der Waals surface area contributed by atoms with Crippen LogP contribution in [0.1, 0.15) is 21.7 Å². The molecule has 31 heavy (non-hydrogen) atoms. The van der Waals surface area contributed by atoms with Gasteiger partial charge in [-0.3, -0.25) is 15.6 Å². The summed E-state index contributed by atoms with van der Waals surface area (Å²) in [6.45, 7) is -1.16. The smallest absolute Gasteiger partial charge is 0.259 e. The van der Waals surface area contributed by atoms with Gasteiger partial charge in [-0.2, -0.15) is 0 Å². The van der Waals surface area contributed by atoms with Crippen LogP contribution in [-0.2, 0) is 4.74 Å². The number of hydrogen-bond acceptors (Lipinski definition) is 6. The highest BCUT2D eigenvalue weighted by Gasteiger charge is 2.18. The Morgan fingerprint density at radius 3 is 2.58 bits per heavy atom. The lowest BCUT2D eigenvalue weighted by atomic mass is 10.1. The van der Waals surface area contributed by atoms with Gasteiger partial charge in [-0.15, -0.1) is 0 Å². The summed E-state index contributed by atoms with van der Waals surface area (Å²) in [6, 6.07) is 9.42. The Labute approximate surface area is 174 Å². The van der Waals surface area contributed by atoms with Crippen molar-refractivity contribution in [3.63, 3.8) is 0 Å². The SMILES string of the molecule is N=C(OC(=N)c1ccco1)c1ccc(F)c(NC(=O)c2cc(F)ccc2OCCF)c1. The van der Waals surface area contributed by atoms with Crippen LogP contribution in [0.4, 0.5) is 18.9 Å². The molecular weight excluding hydrogens is 415 g/mol. The van der Waals surface area contributed by atoms with Crippen LogP contribution in [0.25, 0.3) is 0 Å². The number of alkyl halides is 1. The maximum absolute atomic E-state index is 14.2. The fraction of sp³-hybridized carbons (Fsp3) is 0.0952. The van der Waals surface area contributed by atoms with Crippen molar-refractivity contribution < 1.29 is 31.9 Å². The monoisotopic (exact) mass is 431 g/mol. The highest BCUT2D eigenvalue weighted by molar-refractivity contribution is 6.07. The van der Waals surface area contributed by atoms with E-state index in [0.717, 1.165) is 30.3 Å². The molecule has 0 atom stereocenters. The van der Waals surface area contributed by atoms with E-state index in [2.05, 4.69) is 5.32 Å². The second-order valence-electron chi connectivity index (χ2n) is 6.06. The summed E-state index contributed by atoms with van der Waals surface area (Å²) in [5, 5.41) is 18.0. The van der Waals surface area contributed by atoms with E-state index in [1.807, 2.05) is 0 Å². The van der Waals surface area contributed by atoms with E-state index in [4.69, 9.17) is 24.7 Å². The molecule has 3 aromatic rings. The van der Waals surface area contributed by atoms with Crippen LogP contribution in [0.5, 0.6) is 5.75 Å². The van der Waals surface area contributed by atoms with E-state index in [1.54, 1.807) is 6.07 Å². The average Bonchev–Trinajstić information content (AvgIpc) is 3.29. The maximum atomic E-state index is 14.2. The van der Waals surface area contributed by atoms with Gasteiger partial charge in [-0.25, -0.2) is 13.2 Å². The van der Waals surface area contributed by atoms with Gasteiger partial charge in [-0.05, 0) is 48.5 Å². The number of furan rings is 1. The number of rotatable bonds is 7. The summed E-state index contributed by atoms with van der Waals surface area (Å²) in [4.78, 5) is 12.6. The molecule has 0 bridgehead atoms. The number of ether oxygens (including phenoxy) is 2. The summed E-state index contributed by atoms with van der Waals surface area (Å²) in [6.07, 6.45) is 1.33. The molecule has 0 aliphatic carbocycles. The Hall–Kier alpha value is -4.08. The quantitative estimate of drug-likeness (QED) is 0.377. The van der Waals surface area contributed by atoms with Crippen LogP contribution < -0.4 is 10.1 Å². The van der Waals surface area contributed by atoms with Crippen molar-refractivity contribution in [3.05, 3.63) is 83.3 Å². The first-order chi connectivity index (χ1) is 14.9. The number of anilines is 1. The molecule has 0 aliphatic heterocycles. The number of hydrogen-bond donors (Lipinski definition) is 3. The Kier molecular flexibility index (Phi) is 6.71. The topological polar surface area (TPSA) is 108 Å². The summed E-state index contributed by atoms with van der Waals surface area (Å²) in [5.74, 6) is -3.37. The van der Waals surface area contributed by atoms with E-state index in [-0.39, 0.29) is 34.9 Å². The van der Waals surface area contributed by atoms with Crippen molar-refractivity contribution in [2.75, 3.05) is 18.6 Å². The zero-order valence-corrected chi connectivity index (χ0v) is 15.9. The minimum absolute atomic E-state index is 0.0566. The Morgan fingerprint density at radius 1 is 1.06 bits per heavy atom. The van der Waals surface area contributed by atoms with Gasteiger partial charge in [0.05, 0.1) is 17.5 Å². The van der Waals surface area contributed by atoms with Crippen LogP contribution in [0.3, 0.4) is 0 Å². The minimum Gasteiger partial charge on any atom is -0.490 e. The molecule has 1 heterocycles. The fourth-order valence-corrected chi connectivity index (χ4v) is 2.53. The molecule has 0 unspecified atom stereocenters. The van der Waals surface area contributed by atoms with Crippen molar-refractivity contribution in [3.8, 4) is 5.75 Å². The molecule has 3 rings (SSSR count). The van der Waals surface area contributed by atoms with Crippen molar-refractivity contribution in [1.29, 1.82) is 10.8 Å². The molecule has 1 amide bonds. The number of carbonyl (C=O) groups excluding carboxylic acids is 1. The van der Waals surface area contributed by atoms with Crippen LogP contribution in [0.2, 0.25) is 0 Å². The van der Waals surface area contributed by atoms with Crippen molar-refractivity contribution in [2.24, 2.45) is 0 Å². The highest BCUT2D eigenvalue weighted by atomic mass is 19.1. The van der Waals surface area contributed by atoms with Gasteiger partial charge < -0.3 is 19.2 Å². The van der Waals surface area contributed by atoms with Crippen molar-refractivity contribution in [2.45, 2.75) is 0 Å². The molecule has 7 nitrogen and oxygen atoms in total. The largest absolute Gasteiger partial charge is 0.490 e. The summed E-state index contributed by atoms with van der Waals surface area (Å²) in [5.41, 5.74) is -0.522. The van der Waals surface area contributed by atoms with Gasteiger partial charge in [0.1, 0.15) is 30.7 Å². The summed E-state index contributed by atoms with van der Waals surface area (Å²) >= 11 is 0. The average molecular weight is 431 g/mol. The molecule has 2 aromatic carbocycles. The third kappa shape index (κ3) is 5.30. The first-order valence-corrected chi connectivity index (χ1v) is 8.87. The third-order valence-corrected chi connectivity index (χ3v) is 3.95. The zero-order valence-electron chi connectivity index (χ0n) is 15.9. The molecule has 0 aliphatic rings. The lowest BCUT2D eigenvalue weighted by Gasteiger charge is -2.13. The molecule has 0 fully saturated rings. The second-order valence-corrected chi connectivity index (χ2v) is 6.06. The second kappa shape index (κ2) is 9.61. The van der Waals surface area contributed by atoms with E-state index in [0.29, 0.717) is 0 Å². The number of carbonyl (C=O) groups is 1. The van der Waals surface area contributed by atoms with E-state index in [9.17, 15) is 18.0 Å². The molecule has 160 valence electrons.